The lowest BCUT2D eigenvalue weighted by molar-refractivity contribution is -0.133. The van der Waals surface area contributed by atoms with E-state index in [0.717, 1.165) is 29.0 Å². The van der Waals surface area contributed by atoms with Crippen LogP contribution in [-0.4, -0.2) is 45.7 Å². The Morgan fingerprint density at radius 1 is 1.03 bits per heavy atom. The van der Waals surface area contributed by atoms with Crippen LogP contribution in [0.15, 0.2) is 53.9 Å². The van der Waals surface area contributed by atoms with E-state index in [1.54, 1.807) is 29.6 Å². The van der Waals surface area contributed by atoms with Crippen LogP contribution < -0.4 is 5.32 Å². The van der Waals surface area contributed by atoms with Crippen LogP contribution in [0.2, 0.25) is 0 Å². The third-order valence-electron chi connectivity index (χ3n) is 6.00. The van der Waals surface area contributed by atoms with Crippen LogP contribution in [0.4, 0.5) is 5.69 Å². The lowest BCUT2D eigenvalue weighted by atomic mass is 9.97. The summed E-state index contributed by atoms with van der Waals surface area (Å²) in [5, 5.41) is 15.2. The van der Waals surface area contributed by atoms with Gasteiger partial charge in [0.2, 0.25) is 5.91 Å². The summed E-state index contributed by atoms with van der Waals surface area (Å²) in [6, 6.07) is 14.3. The number of anilines is 1. The molecule has 2 heterocycles. The molecule has 1 aliphatic rings. The van der Waals surface area contributed by atoms with Gasteiger partial charge in [0, 0.05) is 48.5 Å². The van der Waals surface area contributed by atoms with E-state index in [1.807, 2.05) is 43.0 Å². The predicted molar refractivity (Wildman–Crippen MR) is 143 cm³/mol. The molecular weight excluding hydrogens is 474 g/mol. The molecule has 3 aromatic rings. The fraction of sp³-hybridized carbons (Fsp3) is 0.357. The van der Waals surface area contributed by atoms with Crippen molar-refractivity contribution in [1.29, 1.82) is 0 Å². The molecule has 0 unspecified atom stereocenters. The van der Waals surface area contributed by atoms with Crippen LogP contribution in [0.5, 0.6) is 5.75 Å². The molecule has 0 bridgehead atoms. The quantitative estimate of drug-likeness (QED) is 0.417. The number of amides is 2. The van der Waals surface area contributed by atoms with Crippen LogP contribution >= 0.6 is 11.3 Å². The lowest BCUT2D eigenvalue weighted by Crippen LogP contribution is -2.38. The third-order valence-corrected chi connectivity index (χ3v) is 7.00. The Balaban J connectivity index is 0.00000176. The first-order chi connectivity index (χ1) is 17.4. The standard InChI is InChI=1S/C26H27N3O4S.C2H6/c1-17(30)6-11-24(32)29-14-12-19(13-15-29)26-28-23(16-34-26)25(33)27-22-5-3-2-4-21(22)18-7-9-20(31)10-8-18;1-2/h2-5,7-10,16,19,31H,6,11-15H2,1H3,(H,27,33);1-2H3. The van der Waals surface area contributed by atoms with Crippen LogP contribution in [0.25, 0.3) is 11.1 Å². The Morgan fingerprint density at radius 3 is 2.36 bits per heavy atom. The minimum Gasteiger partial charge on any atom is -0.508 e. The van der Waals surface area contributed by atoms with Gasteiger partial charge in [0.15, 0.2) is 0 Å². The summed E-state index contributed by atoms with van der Waals surface area (Å²) in [6.07, 6.45) is 2.15. The number of nitrogens with one attached hydrogen (secondary N) is 1. The summed E-state index contributed by atoms with van der Waals surface area (Å²) in [6.45, 7) is 6.78. The SMILES string of the molecule is CC.CC(=O)CCC(=O)N1CCC(c2nc(C(=O)Nc3ccccc3-c3ccc(O)cc3)cs2)CC1. The number of phenols is 1. The van der Waals surface area contributed by atoms with Crippen molar-refractivity contribution in [1.82, 2.24) is 9.88 Å². The number of aromatic hydroxyl groups is 1. The Bertz CT molecular complexity index is 1180. The number of hydrogen-bond donors (Lipinski definition) is 2. The van der Waals surface area contributed by atoms with Gasteiger partial charge in [-0.2, -0.15) is 0 Å². The molecule has 36 heavy (non-hydrogen) atoms. The van der Waals surface area contributed by atoms with Crippen molar-refractivity contribution in [2.45, 2.75) is 52.4 Å². The second-order valence-corrected chi connectivity index (χ2v) is 9.36. The molecule has 4 rings (SSSR count). The number of thiazole rings is 1. The minimum atomic E-state index is -0.273. The summed E-state index contributed by atoms with van der Waals surface area (Å²) in [5.41, 5.74) is 2.79. The number of hydrogen-bond acceptors (Lipinski definition) is 6. The number of carbonyl (C=O) groups is 3. The Hall–Kier alpha value is -3.52. The monoisotopic (exact) mass is 507 g/mol. The van der Waals surface area contributed by atoms with Crippen molar-refractivity contribution < 1.29 is 19.5 Å². The fourth-order valence-corrected chi connectivity index (χ4v) is 5.04. The lowest BCUT2D eigenvalue weighted by Gasteiger charge is -2.31. The Kier molecular flexibility index (Phi) is 9.76. The molecule has 2 N–H and O–H groups in total. The van der Waals surface area contributed by atoms with Crippen molar-refractivity contribution in [2.75, 3.05) is 18.4 Å². The molecule has 0 saturated carbocycles. The molecular formula is C28H33N3O4S. The summed E-state index contributed by atoms with van der Waals surface area (Å²) < 4.78 is 0. The van der Waals surface area contributed by atoms with E-state index in [2.05, 4.69) is 10.3 Å². The number of Topliss-reactive ketones (excluding diaryl/α,β-unsaturated/α-hetero) is 1. The molecule has 2 aromatic carbocycles. The number of likely N-dealkylation sites (tertiary alicyclic amines) is 1. The highest BCUT2D eigenvalue weighted by molar-refractivity contribution is 7.10. The minimum absolute atomic E-state index is 0.0279. The molecule has 1 fully saturated rings. The number of rotatable bonds is 7. The topological polar surface area (TPSA) is 99.6 Å². The fourth-order valence-electron chi connectivity index (χ4n) is 4.07. The summed E-state index contributed by atoms with van der Waals surface area (Å²) >= 11 is 1.47. The maximum absolute atomic E-state index is 12.9. The number of carbonyl (C=O) groups excluding carboxylic acids is 3. The number of benzene rings is 2. The number of ketones is 1. The summed E-state index contributed by atoms with van der Waals surface area (Å²) in [5.74, 6) is 0.187. The van der Waals surface area contributed by atoms with Gasteiger partial charge in [-0.1, -0.05) is 44.2 Å². The van der Waals surface area contributed by atoms with E-state index >= 15 is 0 Å². The maximum atomic E-state index is 12.9. The van der Waals surface area contributed by atoms with Crippen LogP contribution in [0.3, 0.4) is 0 Å². The third kappa shape index (κ3) is 7.01. The van der Waals surface area contributed by atoms with Crippen molar-refractivity contribution >= 4 is 34.6 Å². The van der Waals surface area contributed by atoms with Gasteiger partial charge in [-0.05, 0) is 43.5 Å². The number of para-hydroxylation sites is 1. The molecule has 0 aliphatic carbocycles. The first-order valence-electron chi connectivity index (χ1n) is 12.3. The normalized spacial score (nSPS) is 13.5. The number of aromatic nitrogens is 1. The molecule has 190 valence electrons. The van der Waals surface area contributed by atoms with Gasteiger partial charge >= 0.3 is 0 Å². The van der Waals surface area contributed by atoms with Crippen molar-refractivity contribution in [3.05, 3.63) is 64.6 Å². The van der Waals surface area contributed by atoms with Crippen LogP contribution in [-0.2, 0) is 9.59 Å². The highest BCUT2D eigenvalue weighted by Crippen LogP contribution is 2.32. The first-order valence-corrected chi connectivity index (χ1v) is 13.2. The molecule has 1 saturated heterocycles. The molecule has 2 amide bonds. The van der Waals surface area contributed by atoms with Crippen molar-refractivity contribution in [2.24, 2.45) is 0 Å². The molecule has 0 atom stereocenters. The van der Waals surface area contributed by atoms with Gasteiger partial charge in [0.1, 0.15) is 17.2 Å². The smallest absolute Gasteiger partial charge is 0.275 e. The average Bonchev–Trinajstić information content (AvgIpc) is 3.40. The predicted octanol–water partition coefficient (Wildman–Crippen LogP) is 5.87. The molecule has 0 radical (unpaired) electrons. The zero-order valence-electron chi connectivity index (χ0n) is 21.0. The molecule has 1 aromatic heterocycles. The van der Waals surface area contributed by atoms with E-state index in [9.17, 15) is 19.5 Å². The van der Waals surface area contributed by atoms with Gasteiger partial charge < -0.3 is 20.1 Å². The molecule has 0 spiro atoms. The summed E-state index contributed by atoms with van der Waals surface area (Å²) in [7, 11) is 0. The van der Waals surface area contributed by atoms with Gasteiger partial charge in [0.25, 0.3) is 5.91 Å². The number of nitrogens with zero attached hydrogens (tertiary/aromatic N) is 2. The first kappa shape index (κ1) is 27.1. The van der Waals surface area contributed by atoms with Crippen LogP contribution in [0.1, 0.15) is 67.9 Å². The van der Waals surface area contributed by atoms with Crippen molar-refractivity contribution in [3.63, 3.8) is 0 Å². The van der Waals surface area contributed by atoms with E-state index in [1.165, 1.54) is 18.3 Å². The van der Waals surface area contributed by atoms with Gasteiger partial charge in [-0.3, -0.25) is 9.59 Å². The van der Waals surface area contributed by atoms with Gasteiger partial charge in [-0.25, -0.2) is 4.98 Å². The van der Waals surface area contributed by atoms with E-state index in [0.29, 0.717) is 30.9 Å². The van der Waals surface area contributed by atoms with Crippen LogP contribution in [0, 0.1) is 0 Å². The Morgan fingerprint density at radius 2 is 1.69 bits per heavy atom. The zero-order valence-corrected chi connectivity index (χ0v) is 21.8. The Labute approximate surface area is 216 Å². The molecule has 1 aliphatic heterocycles. The average molecular weight is 508 g/mol. The largest absolute Gasteiger partial charge is 0.508 e. The van der Waals surface area contributed by atoms with E-state index in [4.69, 9.17) is 0 Å². The molecule has 7 nitrogen and oxygen atoms in total. The highest BCUT2D eigenvalue weighted by Gasteiger charge is 2.26. The van der Waals surface area contributed by atoms with E-state index in [-0.39, 0.29) is 35.7 Å². The second kappa shape index (κ2) is 13.0. The second-order valence-electron chi connectivity index (χ2n) is 8.47. The summed E-state index contributed by atoms with van der Waals surface area (Å²) in [4.78, 5) is 42.7. The van der Waals surface area contributed by atoms with Gasteiger partial charge in [0.05, 0.1) is 5.01 Å². The molecule has 8 heteroatoms. The van der Waals surface area contributed by atoms with E-state index < -0.39 is 0 Å². The number of phenolic OH excluding ortho intramolecular Hbond substituents is 1. The maximum Gasteiger partial charge on any atom is 0.275 e. The van der Waals surface area contributed by atoms with Crippen molar-refractivity contribution in [3.8, 4) is 16.9 Å². The zero-order chi connectivity index (χ0) is 26.1. The highest BCUT2D eigenvalue weighted by atomic mass is 32.1. The van der Waals surface area contributed by atoms with Gasteiger partial charge in [-0.15, -0.1) is 11.3 Å². The number of piperidine rings is 1.